The van der Waals surface area contributed by atoms with Crippen LogP contribution in [0.2, 0.25) is 5.02 Å². The lowest BCUT2D eigenvalue weighted by atomic mass is 10.1. The van der Waals surface area contributed by atoms with Crippen LogP contribution in [0, 0.1) is 0 Å². The molecule has 0 aliphatic rings. The third kappa shape index (κ3) is 3.80. The highest BCUT2D eigenvalue weighted by molar-refractivity contribution is 6.31. The topological polar surface area (TPSA) is 53.2 Å². The van der Waals surface area contributed by atoms with E-state index < -0.39 is 5.56 Å². The predicted molar refractivity (Wildman–Crippen MR) is 99.7 cm³/mol. The van der Waals surface area contributed by atoms with E-state index in [1.807, 2.05) is 48.5 Å². The highest BCUT2D eigenvalue weighted by atomic mass is 35.5. The smallest absolute Gasteiger partial charge is 0.261 e. The summed E-state index contributed by atoms with van der Waals surface area (Å²) in [7, 11) is 1.65. The Labute approximate surface area is 150 Å². The zero-order chi connectivity index (χ0) is 17.8. The maximum absolute atomic E-state index is 12.6. The third-order valence-electron chi connectivity index (χ3n) is 3.94. The molecule has 0 radical (unpaired) electrons. The molecule has 4 nitrogen and oxygen atoms in total. The van der Waals surface area contributed by atoms with E-state index in [1.54, 1.807) is 25.2 Å². The van der Waals surface area contributed by atoms with Gasteiger partial charge in [0.05, 0.1) is 0 Å². The van der Waals surface area contributed by atoms with Gasteiger partial charge < -0.3 is 9.88 Å². The molecule has 0 bridgehead atoms. The average Bonchev–Trinajstić information content (AvgIpc) is 2.63. The SMILES string of the molecule is CN(Cc1ccccc1Cl)C(=O)c1ccc(-c2ccccc2)[nH]c1=O. The summed E-state index contributed by atoms with van der Waals surface area (Å²) in [4.78, 5) is 29.2. The molecule has 0 atom stereocenters. The number of nitrogens with one attached hydrogen (secondary N) is 1. The molecule has 3 rings (SSSR count). The minimum atomic E-state index is -0.405. The van der Waals surface area contributed by atoms with Crippen LogP contribution in [0.1, 0.15) is 15.9 Å². The molecule has 0 unspecified atom stereocenters. The van der Waals surface area contributed by atoms with Crippen molar-refractivity contribution in [2.75, 3.05) is 7.05 Å². The normalized spacial score (nSPS) is 10.5. The van der Waals surface area contributed by atoms with Crippen LogP contribution >= 0.6 is 11.6 Å². The molecule has 1 heterocycles. The minimum Gasteiger partial charge on any atom is -0.337 e. The summed E-state index contributed by atoms with van der Waals surface area (Å²) < 4.78 is 0. The Morgan fingerprint density at radius 1 is 1.00 bits per heavy atom. The van der Waals surface area contributed by atoms with E-state index in [4.69, 9.17) is 11.6 Å². The van der Waals surface area contributed by atoms with Gasteiger partial charge >= 0.3 is 0 Å². The molecule has 126 valence electrons. The summed E-state index contributed by atoms with van der Waals surface area (Å²) in [6.45, 7) is 0.332. The largest absolute Gasteiger partial charge is 0.337 e. The molecule has 1 N–H and O–H groups in total. The Balaban J connectivity index is 1.83. The molecule has 1 amide bonds. The number of amides is 1. The van der Waals surface area contributed by atoms with E-state index in [9.17, 15) is 9.59 Å². The number of aromatic nitrogens is 1. The number of pyridine rings is 1. The van der Waals surface area contributed by atoms with Crippen molar-refractivity contribution in [1.29, 1.82) is 0 Å². The molecule has 0 aliphatic carbocycles. The number of hydrogen-bond donors (Lipinski definition) is 1. The van der Waals surface area contributed by atoms with E-state index in [0.717, 1.165) is 11.1 Å². The Bertz CT molecular complexity index is 951. The molecule has 2 aromatic carbocycles. The molecular formula is C20H17ClN2O2. The Hall–Kier alpha value is -2.85. The van der Waals surface area contributed by atoms with Crippen LogP contribution in [0.5, 0.6) is 0 Å². The van der Waals surface area contributed by atoms with Gasteiger partial charge in [-0.15, -0.1) is 0 Å². The summed E-state index contributed by atoms with van der Waals surface area (Å²) in [5.74, 6) is -0.346. The summed E-state index contributed by atoms with van der Waals surface area (Å²) >= 11 is 6.13. The van der Waals surface area contributed by atoms with E-state index in [1.165, 1.54) is 4.90 Å². The van der Waals surface area contributed by atoms with E-state index in [2.05, 4.69) is 4.98 Å². The molecule has 25 heavy (non-hydrogen) atoms. The van der Waals surface area contributed by atoms with Crippen LogP contribution in [-0.4, -0.2) is 22.8 Å². The first-order valence-electron chi connectivity index (χ1n) is 7.84. The molecule has 0 fully saturated rings. The third-order valence-corrected chi connectivity index (χ3v) is 4.31. The van der Waals surface area contributed by atoms with Crippen molar-refractivity contribution in [3.8, 4) is 11.3 Å². The van der Waals surface area contributed by atoms with Gasteiger partial charge in [0.25, 0.3) is 11.5 Å². The fraction of sp³-hybridized carbons (Fsp3) is 0.100. The molecule has 0 saturated carbocycles. The highest BCUT2D eigenvalue weighted by Crippen LogP contribution is 2.18. The first-order chi connectivity index (χ1) is 12.1. The maximum atomic E-state index is 12.6. The van der Waals surface area contributed by atoms with Gasteiger partial charge in [0.2, 0.25) is 0 Å². The summed E-state index contributed by atoms with van der Waals surface area (Å²) in [6.07, 6.45) is 0. The van der Waals surface area contributed by atoms with Gasteiger partial charge in [-0.05, 0) is 29.3 Å². The second-order valence-corrected chi connectivity index (χ2v) is 6.14. The second kappa shape index (κ2) is 7.36. The van der Waals surface area contributed by atoms with Crippen LogP contribution in [0.4, 0.5) is 0 Å². The number of carbonyl (C=O) groups excluding carboxylic acids is 1. The van der Waals surface area contributed by atoms with Crippen LogP contribution in [0.25, 0.3) is 11.3 Å². The highest BCUT2D eigenvalue weighted by Gasteiger charge is 2.17. The zero-order valence-electron chi connectivity index (χ0n) is 13.7. The summed E-state index contributed by atoms with van der Waals surface area (Å²) in [5.41, 5.74) is 2.10. The van der Waals surface area contributed by atoms with Crippen molar-refractivity contribution in [2.45, 2.75) is 6.54 Å². The van der Waals surface area contributed by atoms with Crippen molar-refractivity contribution in [3.63, 3.8) is 0 Å². The summed E-state index contributed by atoms with van der Waals surface area (Å²) in [6, 6.07) is 20.1. The van der Waals surface area contributed by atoms with Crippen LogP contribution in [0.3, 0.4) is 0 Å². The number of benzene rings is 2. The molecule has 0 spiro atoms. The molecule has 0 saturated heterocycles. The standard InChI is InChI=1S/C20H17ClN2O2/c1-23(13-15-9-5-6-10-17(15)21)20(25)16-11-12-18(22-19(16)24)14-7-3-2-4-8-14/h2-12H,13H2,1H3,(H,22,24). The van der Waals surface area contributed by atoms with Crippen molar-refractivity contribution < 1.29 is 4.79 Å². The molecule has 5 heteroatoms. The zero-order valence-corrected chi connectivity index (χ0v) is 14.5. The van der Waals surface area contributed by atoms with Crippen molar-refractivity contribution in [2.24, 2.45) is 0 Å². The number of hydrogen-bond acceptors (Lipinski definition) is 2. The minimum absolute atomic E-state index is 0.106. The van der Waals surface area contributed by atoms with Crippen molar-refractivity contribution in [3.05, 3.63) is 93.2 Å². The predicted octanol–water partition coefficient (Wildman–Crippen LogP) is 3.97. The number of carbonyl (C=O) groups is 1. The lowest BCUT2D eigenvalue weighted by molar-refractivity contribution is 0.0783. The summed E-state index contributed by atoms with van der Waals surface area (Å²) in [5, 5.41) is 0.593. The molecule has 3 aromatic rings. The van der Waals surface area contributed by atoms with Gasteiger partial charge in [-0.2, -0.15) is 0 Å². The number of aromatic amines is 1. The maximum Gasteiger partial charge on any atom is 0.261 e. The van der Waals surface area contributed by atoms with E-state index in [-0.39, 0.29) is 11.5 Å². The molecule has 0 aliphatic heterocycles. The van der Waals surface area contributed by atoms with Gasteiger partial charge in [-0.3, -0.25) is 9.59 Å². The van der Waals surface area contributed by atoms with Gasteiger partial charge in [0.1, 0.15) is 5.56 Å². The van der Waals surface area contributed by atoms with Crippen molar-refractivity contribution in [1.82, 2.24) is 9.88 Å². The van der Waals surface area contributed by atoms with E-state index in [0.29, 0.717) is 17.3 Å². The Kier molecular flexibility index (Phi) is 5.00. The number of halogens is 1. The number of rotatable bonds is 4. The van der Waals surface area contributed by atoms with Gasteiger partial charge in [0, 0.05) is 24.3 Å². The first-order valence-corrected chi connectivity index (χ1v) is 8.21. The van der Waals surface area contributed by atoms with E-state index >= 15 is 0 Å². The Morgan fingerprint density at radius 2 is 1.68 bits per heavy atom. The lowest BCUT2D eigenvalue weighted by Crippen LogP contribution is -2.31. The fourth-order valence-corrected chi connectivity index (χ4v) is 2.78. The van der Waals surface area contributed by atoms with Gasteiger partial charge in [0.15, 0.2) is 0 Å². The molecular weight excluding hydrogens is 336 g/mol. The average molecular weight is 353 g/mol. The first kappa shape index (κ1) is 17.0. The number of nitrogens with zero attached hydrogens (tertiary/aromatic N) is 1. The van der Waals surface area contributed by atoms with Crippen LogP contribution in [-0.2, 0) is 6.54 Å². The van der Waals surface area contributed by atoms with Crippen LogP contribution in [0.15, 0.2) is 71.5 Å². The quantitative estimate of drug-likeness (QED) is 0.772. The molecule has 1 aromatic heterocycles. The monoisotopic (exact) mass is 352 g/mol. The fourth-order valence-electron chi connectivity index (χ4n) is 2.59. The second-order valence-electron chi connectivity index (χ2n) is 5.73. The Morgan fingerprint density at radius 3 is 2.36 bits per heavy atom. The number of H-pyrrole nitrogens is 1. The van der Waals surface area contributed by atoms with Crippen molar-refractivity contribution >= 4 is 17.5 Å². The lowest BCUT2D eigenvalue weighted by Gasteiger charge is -2.18. The van der Waals surface area contributed by atoms with Gasteiger partial charge in [-0.1, -0.05) is 60.1 Å². The van der Waals surface area contributed by atoms with Crippen LogP contribution < -0.4 is 5.56 Å². The van der Waals surface area contributed by atoms with Gasteiger partial charge in [-0.25, -0.2) is 0 Å².